The van der Waals surface area contributed by atoms with Crippen LogP contribution in [0.2, 0.25) is 0 Å². The third kappa shape index (κ3) is 3.99. The lowest BCUT2D eigenvalue weighted by atomic mass is 10.0. The van der Waals surface area contributed by atoms with E-state index in [9.17, 15) is 0 Å². The van der Waals surface area contributed by atoms with Crippen molar-refractivity contribution in [2.45, 2.75) is 32.4 Å². The van der Waals surface area contributed by atoms with Gasteiger partial charge in [0.25, 0.3) is 0 Å². The fourth-order valence-corrected chi connectivity index (χ4v) is 2.17. The van der Waals surface area contributed by atoms with Crippen LogP contribution in [0.1, 0.15) is 30.6 Å². The summed E-state index contributed by atoms with van der Waals surface area (Å²) in [6.45, 7) is 4.13. The topological polar surface area (TPSA) is 44.5 Å². The van der Waals surface area contributed by atoms with Gasteiger partial charge in [-0.3, -0.25) is 0 Å². The third-order valence-electron chi connectivity index (χ3n) is 3.59. The first-order valence-electron chi connectivity index (χ1n) is 7.27. The Kier molecular flexibility index (Phi) is 5.23. The molecule has 0 aliphatic rings. The smallest absolute Gasteiger partial charge is 0.139 e. The number of aryl methyl sites for hydroxylation is 1. The normalized spacial score (nSPS) is 13.5. The Balaban J connectivity index is 2.22. The van der Waals surface area contributed by atoms with Crippen LogP contribution in [0.3, 0.4) is 0 Å². The van der Waals surface area contributed by atoms with E-state index < -0.39 is 0 Å². The minimum absolute atomic E-state index is 0.0558. The number of nitrogens with two attached hydrogens (primary N) is 1. The first kappa shape index (κ1) is 15.4. The first-order valence-corrected chi connectivity index (χ1v) is 7.27. The van der Waals surface area contributed by atoms with Crippen molar-refractivity contribution in [3.8, 4) is 11.5 Å². The molecule has 2 rings (SSSR count). The van der Waals surface area contributed by atoms with E-state index >= 15 is 0 Å². The Morgan fingerprint density at radius 3 is 2.05 bits per heavy atom. The summed E-state index contributed by atoms with van der Waals surface area (Å²) in [4.78, 5) is 0. The van der Waals surface area contributed by atoms with Crippen LogP contribution in [0.15, 0.2) is 48.5 Å². The summed E-state index contributed by atoms with van der Waals surface area (Å²) >= 11 is 0. The van der Waals surface area contributed by atoms with Crippen LogP contribution in [-0.2, 0) is 0 Å². The van der Waals surface area contributed by atoms with Gasteiger partial charge in [-0.25, -0.2) is 0 Å². The molecule has 3 nitrogen and oxygen atoms in total. The molecule has 0 aromatic heterocycles. The molecule has 0 fully saturated rings. The van der Waals surface area contributed by atoms with E-state index in [1.165, 1.54) is 5.56 Å². The number of methoxy groups -OCH3 is 1. The number of ether oxygens (including phenoxy) is 2. The van der Waals surface area contributed by atoms with E-state index in [2.05, 4.69) is 13.8 Å². The molecule has 0 aliphatic heterocycles. The molecule has 0 amide bonds. The standard InChI is InChI=1S/C18H23NO2/c1-4-17(19)18(14-7-11-15(20-3)12-8-14)21-16-9-5-13(2)6-10-16/h5-12,17-18H,4,19H2,1-3H3. The van der Waals surface area contributed by atoms with Crippen LogP contribution in [0.25, 0.3) is 0 Å². The predicted molar refractivity (Wildman–Crippen MR) is 85.8 cm³/mol. The van der Waals surface area contributed by atoms with E-state index in [1.54, 1.807) is 7.11 Å². The Morgan fingerprint density at radius 2 is 1.52 bits per heavy atom. The second-order valence-electron chi connectivity index (χ2n) is 5.20. The van der Waals surface area contributed by atoms with Crippen molar-refractivity contribution in [3.63, 3.8) is 0 Å². The quantitative estimate of drug-likeness (QED) is 0.876. The minimum atomic E-state index is -0.163. The summed E-state index contributed by atoms with van der Waals surface area (Å²) in [5.41, 5.74) is 8.51. The fourth-order valence-electron chi connectivity index (χ4n) is 2.17. The van der Waals surface area contributed by atoms with E-state index in [0.29, 0.717) is 0 Å². The lowest BCUT2D eigenvalue weighted by molar-refractivity contribution is 0.171. The van der Waals surface area contributed by atoms with Crippen LogP contribution >= 0.6 is 0 Å². The van der Waals surface area contributed by atoms with Gasteiger partial charge in [0.05, 0.1) is 7.11 Å². The van der Waals surface area contributed by atoms with Crippen molar-refractivity contribution in [1.29, 1.82) is 0 Å². The second kappa shape index (κ2) is 7.14. The highest BCUT2D eigenvalue weighted by Gasteiger charge is 2.20. The Hall–Kier alpha value is -2.00. The van der Waals surface area contributed by atoms with Crippen molar-refractivity contribution < 1.29 is 9.47 Å². The third-order valence-corrected chi connectivity index (χ3v) is 3.59. The maximum Gasteiger partial charge on any atom is 0.139 e. The second-order valence-corrected chi connectivity index (χ2v) is 5.20. The molecule has 2 N–H and O–H groups in total. The molecule has 21 heavy (non-hydrogen) atoms. The molecule has 0 aliphatic carbocycles. The zero-order chi connectivity index (χ0) is 15.2. The maximum absolute atomic E-state index is 6.24. The molecule has 0 bridgehead atoms. The summed E-state index contributed by atoms with van der Waals surface area (Å²) in [6, 6.07) is 15.9. The molecule has 0 radical (unpaired) electrons. The van der Waals surface area contributed by atoms with Gasteiger partial charge in [0.1, 0.15) is 17.6 Å². The van der Waals surface area contributed by atoms with E-state index in [-0.39, 0.29) is 12.1 Å². The number of benzene rings is 2. The van der Waals surface area contributed by atoms with Gasteiger partial charge >= 0.3 is 0 Å². The van der Waals surface area contributed by atoms with Gasteiger partial charge in [-0.2, -0.15) is 0 Å². The fraction of sp³-hybridized carbons (Fsp3) is 0.333. The first-order chi connectivity index (χ1) is 10.1. The van der Waals surface area contributed by atoms with Gasteiger partial charge in [-0.15, -0.1) is 0 Å². The molecule has 0 saturated heterocycles. The van der Waals surface area contributed by atoms with Crippen molar-refractivity contribution in [2.24, 2.45) is 5.73 Å². The van der Waals surface area contributed by atoms with Gasteiger partial charge in [-0.05, 0) is 43.2 Å². The SMILES string of the molecule is CCC(N)C(Oc1ccc(C)cc1)c1ccc(OC)cc1. The number of hydrogen-bond donors (Lipinski definition) is 1. The summed E-state index contributed by atoms with van der Waals surface area (Å²) in [5.74, 6) is 1.67. The average molecular weight is 285 g/mol. The summed E-state index contributed by atoms with van der Waals surface area (Å²) < 4.78 is 11.3. The van der Waals surface area contributed by atoms with Gasteiger partial charge in [0, 0.05) is 6.04 Å². The van der Waals surface area contributed by atoms with E-state index in [1.807, 2.05) is 48.5 Å². The van der Waals surface area contributed by atoms with E-state index in [4.69, 9.17) is 15.2 Å². The number of hydrogen-bond acceptors (Lipinski definition) is 3. The summed E-state index contributed by atoms with van der Waals surface area (Å²) in [7, 11) is 1.66. The predicted octanol–water partition coefficient (Wildman–Crippen LogP) is 3.86. The Morgan fingerprint density at radius 1 is 0.952 bits per heavy atom. The molecular weight excluding hydrogens is 262 g/mol. The largest absolute Gasteiger partial charge is 0.497 e. The zero-order valence-corrected chi connectivity index (χ0v) is 12.9. The summed E-state index contributed by atoms with van der Waals surface area (Å²) in [6.07, 6.45) is 0.686. The molecule has 2 unspecified atom stereocenters. The Bertz CT molecular complexity index is 548. The van der Waals surface area contributed by atoms with Crippen LogP contribution in [0, 0.1) is 6.92 Å². The van der Waals surface area contributed by atoms with Crippen molar-refractivity contribution in [3.05, 3.63) is 59.7 Å². The number of rotatable bonds is 6. The highest BCUT2D eigenvalue weighted by atomic mass is 16.5. The molecule has 2 aromatic rings. The van der Waals surface area contributed by atoms with Gasteiger partial charge in [0.2, 0.25) is 0 Å². The van der Waals surface area contributed by atoms with Gasteiger partial charge in [-0.1, -0.05) is 36.8 Å². The van der Waals surface area contributed by atoms with Crippen LogP contribution in [0.4, 0.5) is 0 Å². The molecule has 112 valence electrons. The van der Waals surface area contributed by atoms with Gasteiger partial charge < -0.3 is 15.2 Å². The molecule has 0 heterocycles. The molecule has 0 spiro atoms. The lowest BCUT2D eigenvalue weighted by Crippen LogP contribution is -2.31. The van der Waals surface area contributed by atoms with Crippen molar-refractivity contribution >= 4 is 0 Å². The monoisotopic (exact) mass is 285 g/mol. The van der Waals surface area contributed by atoms with Crippen LogP contribution in [0.5, 0.6) is 11.5 Å². The maximum atomic E-state index is 6.24. The summed E-state index contributed by atoms with van der Waals surface area (Å²) in [5, 5.41) is 0. The molecule has 2 atom stereocenters. The molecule has 2 aromatic carbocycles. The minimum Gasteiger partial charge on any atom is -0.497 e. The Labute approximate surface area is 126 Å². The highest BCUT2D eigenvalue weighted by Crippen LogP contribution is 2.27. The van der Waals surface area contributed by atoms with E-state index in [0.717, 1.165) is 23.5 Å². The molecule has 3 heteroatoms. The van der Waals surface area contributed by atoms with Crippen molar-refractivity contribution in [1.82, 2.24) is 0 Å². The molecular formula is C18H23NO2. The molecule has 0 saturated carbocycles. The van der Waals surface area contributed by atoms with Crippen molar-refractivity contribution in [2.75, 3.05) is 7.11 Å². The van der Waals surface area contributed by atoms with Crippen LogP contribution < -0.4 is 15.2 Å². The average Bonchev–Trinajstić information content (AvgIpc) is 2.54. The van der Waals surface area contributed by atoms with Crippen LogP contribution in [-0.4, -0.2) is 13.2 Å². The van der Waals surface area contributed by atoms with Gasteiger partial charge in [0.15, 0.2) is 0 Å². The highest BCUT2D eigenvalue weighted by molar-refractivity contribution is 5.31. The lowest BCUT2D eigenvalue weighted by Gasteiger charge is -2.25. The zero-order valence-electron chi connectivity index (χ0n) is 12.9.